The first kappa shape index (κ1) is 14.5. The van der Waals surface area contributed by atoms with Gasteiger partial charge in [0.05, 0.1) is 18.8 Å². The van der Waals surface area contributed by atoms with E-state index in [1.54, 1.807) is 0 Å². The molecule has 1 aliphatic rings. The number of fused-ring (bicyclic) bond motifs is 3. The maximum absolute atomic E-state index is 6.30. The zero-order valence-corrected chi connectivity index (χ0v) is 14.5. The third-order valence-corrected chi connectivity index (χ3v) is 9.25. The summed E-state index contributed by atoms with van der Waals surface area (Å²) >= 11 is 0. The summed E-state index contributed by atoms with van der Waals surface area (Å²) in [5, 5.41) is 8.82. The summed E-state index contributed by atoms with van der Waals surface area (Å²) in [6.07, 6.45) is 0. The van der Waals surface area contributed by atoms with E-state index in [4.69, 9.17) is 4.43 Å². The fourth-order valence-electron chi connectivity index (χ4n) is 2.37. The Bertz CT molecular complexity index is 670. The molecule has 0 spiro atoms. The molecule has 1 aromatic carbocycles. The number of hydrogen-bond acceptors (Lipinski definition) is 3. The van der Waals surface area contributed by atoms with Gasteiger partial charge in [0.2, 0.25) is 0 Å². The van der Waals surface area contributed by atoms with Crippen LogP contribution < -0.4 is 0 Å². The van der Waals surface area contributed by atoms with E-state index >= 15 is 0 Å². The van der Waals surface area contributed by atoms with Crippen molar-refractivity contribution in [3.05, 3.63) is 35.5 Å². The van der Waals surface area contributed by atoms with Gasteiger partial charge in [0, 0.05) is 5.56 Å². The van der Waals surface area contributed by atoms with Gasteiger partial charge in [-0.15, -0.1) is 5.10 Å². The molecule has 5 heteroatoms. The van der Waals surface area contributed by atoms with E-state index in [0.717, 1.165) is 17.9 Å². The van der Waals surface area contributed by atoms with Crippen molar-refractivity contribution < 1.29 is 4.43 Å². The SMILES string of the molecule is CC(C)(C)[Si](C)(C)OCc1nnn2c1-c1ccccc1C2. The van der Waals surface area contributed by atoms with Crippen LogP contribution in [0.5, 0.6) is 0 Å². The van der Waals surface area contributed by atoms with Crippen LogP contribution in [0, 0.1) is 0 Å². The second-order valence-corrected chi connectivity index (χ2v) is 12.1. The molecule has 0 amide bonds. The Morgan fingerprint density at radius 2 is 1.95 bits per heavy atom. The topological polar surface area (TPSA) is 39.9 Å². The molecule has 0 bridgehead atoms. The van der Waals surface area contributed by atoms with Gasteiger partial charge >= 0.3 is 0 Å². The van der Waals surface area contributed by atoms with Gasteiger partial charge in [0.25, 0.3) is 0 Å². The lowest BCUT2D eigenvalue weighted by atomic mass is 10.1. The molecule has 21 heavy (non-hydrogen) atoms. The highest BCUT2D eigenvalue weighted by Gasteiger charge is 2.37. The van der Waals surface area contributed by atoms with Crippen molar-refractivity contribution in [2.45, 2.75) is 52.1 Å². The van der Waals surface area contributed by atoms with E-state index in [0.29, 0.717) is 6.61 Å². The van der Waals surface area contributed by atoms with Gasteiger partial charge in [0.15, 0.2) is 8.32 Å². The Kier molecular flexibility index (Phi) is 3.29. The highest BCUT2D eigenvalue weighted by atomic mass is 28.4. The Balaban J connectivity index is 1.85. The van der Waals surface area contributed by atoms with E-state index in [1.165, 1.54) is 11.1 Å². The predicted octanol–water partition coefficient (Wildman–Crippen LogP) is 3.83. The third-order valence-electron chi connectivity index (χ3n) is 4.77. The number of benzene rings is 1. The molecule has 0 N–H and O–H groups in total. The summed E-state index contributed by atoms with van der Waals surface area (Å²) in [6, 6.07) is 8.44. The first-order chi connectivity index (χ1) is 9.79. The van der Waals surface area contributed by atoms with Crippen molar-refractivity contribution in [3.63, 3.8) is 0 Å². The second-order valence-electron chi connectivity index (χ2n) is 7.25. The normalized spacial score (nSPS) is 14.1. The summed E-state index contributed by atoms with van der Waals surface area (Å²) < 4.78 is 8.28. The average Bonchev–Trinajstić information content (AvgIpc) is 2.93. The van der Waals surface area contributed by atoms with Crippen molar-refractivity contribution >= 4 is 8.32 Å². The molecule has 1 aromatic heterocycles. The quantitative estimate of drug-likeness (QED) is 0.690. The minimum absolute atomic E-state index is 0.210. The Labute approximate surface area is 127 Å². The van der Waals surface area contributed by atoms with Gasteiger partial charge in [0.1, 0.15) is 5.69 Å². The maximum Gasteiger partial charge on any atom is 0.192 e. The fourth-order valence-corrected chi connectivity index (χ4v) is 3.30. The molecule has 3 rings (SSSR count). The third kappa shape index (κ3) is 2.44. The lowest BCUT2D eigenvalue weighted by Gasteiger charge is -2.35. The van der Waals surface area contributed by atoms with Gasteiger partial charge in [-0.3, -0.25) is 0 Å². The van der Waals surface area contributed by atoms with Crippen molar-refractivity contribution in [1.82, 2.24) is 15.0 Å². The van der Waals surface area contributed by atoms with Crippen molar-refractivity contribution in [2.75, 3.05) is 0 Å². The van der Waals surface area contributed by atoms with Crippen LogP contribution in [0.1, 0.15) is 32.0 Å². The Morgan fingerprint density at radius 1 is 1.24 bits per heavy atom. The molecule has 1 aliphatic heterocycles. The van der Waals surface area contributed by atoms with Crippen LogP contribution >= 0.6 is 0 Å². The molecular weight excluding hydrogens is 278 g/mol. The highest BCUT2D eigenvalue weighted by Crippen LogP contribution is 2.38. The molecule has 0 saturated carbocycles. The number of hydrogen-bond donors (Lipinski definition) is 0. The minimum atomic E-state index is -1.76. The lowest BCUT2D eigenvalue weighted by molar-refractivity contribution is 0.272. The smallest absolute Gasteiger partial charge is 0.192 e. The molecule has 0 saturated heterocycles. The van der Waals surface area contributed by atoms with Gasteiger partial charge < -0.3 is 4.43 Å². The second kappa shape index (κ2) is 4.78. The molecule has 2 heterocycles. The molecule has 4 nitrogen and oxygen atoms in total. The zero-order valence-electron chi connectivity index (χ0n) is 13.5. The van der Waals surface area contributed by atoms with Crippen LogP contribution in [-0.2, 0) is 17.6 Å². The Hall–Kier alpha value is -1.46. The summed E-state index contributed by atoms with van der Waals surface area (Å²) in [5.74, 6) is 0. The van der Waals surface area contributed by atoms with E-state index in [1.807, 2.05) is 4.68 Å². The van der Waals surface area contributed by atoms with E-state index < -0.39 is 8.32 Å². The van der Waals surface area contributed by atoms with Crippen LogP contribution in [0.2, 0.25) is 18.1 Å². The summed E-state index contributed by atoms with van der Waals surface area (Å²) in [5.41, 5.74) is 4.65. The van der Waals surface area contributed by atoms with E-state index in [-0.39, 0.29) is 5.04 Å². The Morgan fingerprint density at radius 3 is 2.67 bits per heavy atom. The predicted molar refractivity (Wildman–Crippen MR) is 86.5 cm³/mol. The van der Waals surface area contributed by atoms with E-state index in [2.05, 4.69) is 68.4 Å². The van der Waals surface area contributed by atoms with E-state index in [9.17, 15) is 0 Å². The van der Waals surface area contributed by atoms with Crippen molar-refractivity contribution in [3.8, 4) is 11.3 Å². The molecular formula is C16H23N3OSi. The number of aromatic nitrogens is 3. The van der Waals surface area contributed by atoms with Crippen LogP contribution in [-0.4, -0.2) is 23.3 Å². The molecule has 0 unspecified atom stereocenters. The number of rotatable bonds is 3. The van der Waals surface area contributed by atoms with Crippen LogP contribution in [0.25, 0.3) is 11.3 Å². The first-order valence-corrected chi connectivity index (χ1v) is 10.3. The van der Waals surface area contributed by atoms with Gasteiger partial charge in [-0.25, -0.2) is 4.68 Å². The molecule has 0 atom stereocenters. The standard InChI is InChI=1S/C16H23N3OSi/c1-16(2,3)21(4,5)20-11-14-15-13-9-7-6-8-12(13)10-19(15)18-17-14/h6-9H,10-11H2,1-5H3. The van der Waals surface area contributed by atoms with Crippen LogP contribution in [0.3, 0.4) is 0 Å². The van der Waals surface area contributed by atoms with Crippen molar-refractivity contribution in [2.24, 2.45) is 0 Å². The highest BCUT2D eigenvalue weighted by molar-refractivity contribution is 6.74. The van der Waals surface area contributed by atoms with Crippen LogP contribution in [0.15, 0.2) is 24.3 Å². The van der Waals surface area contributed by atoms with Gasteiger partial charge in [-0.05, 0) is 23.7 Å². The lowest BCUT2D eigenvalue weighted by Crippen LogP contribution is -2.40. The first-order valence-electron chi connectivity index (χ1n) is 7.44. The summed E-state index contributed by atoms with van der Waals surface area (Å²) in [7, 11) is -1.76. The summed E-state index contributed by atoms with van der Waals surface area (Å²) in [6.45, 7) is 12.7. The largest absolute Gasteiger partial charge is 0.411 e. The zero-order chi connectivity index (χ0) is 15.3. The monoisotopic (exact) mass is 301 g/mol. The van der Waals surface area contributed by atoms with Crippen LogP contribution in [0.4, 0.5) is 0 Å². The molecule has 0 aliphatic carbocycles. The molecule has 2 aromatic rings. The summed E-state index contributed by atoms with van der Waals surface area (Å²) in [4.78, 5) is 0. The van der Waals surface area contributed by atoms with Gasteiger partial charge in [-0.2, -0.15) is 0 Å². The number of nitrogens with zero attached hydrogens (tertiary/aromatic N) is 3. The maximum atomic E-state index is 6.30. The average molecular weight is 301 g/mol. The van der Waals surface area contributed by atoms with Crippen molar-refractivity contribution in [1.29, 1.82) is 0 Å². The van der Waals surface area contributed by atoms with Gasteiger partial charge in [-0.1, -0.05) is 50.3 Å². The molecule has 0 fully saturated rings. The molecule has 112 valence electrons. The fraction of sp³-hybridized carbons (Fsp3) is 0.500. The molecule has 0 radical (unpaired) electrons. The minimum Gasteiger partial charge on any atom is -0.411 e.